The van der Waals surface area contributed by atoms with Crippen LogP contribution in [0.3, 0.4) is 0 Å². The van der Waals surface area contributed by atoms with Gasteiger partial charge < -0.3 is 4.90 Å². The summed E-state index contributed by atoms with van der Waals surface area (Å²) in [4.78, 5) is 21.6. The summed E-state index contributed by atoms with van der Waals surface area (Å²) in [5.41, 5.74) is 3.10. The molecule has 0 bridgehead atoms. The van der Waals surface area contributed by atoms with Crippen molar-refractivity contribution >= 4 is 28.6 Å². The number of piperazine rings is 1. The Labute approximate surface area is 155 Å². The van der Waals surface area contributed by atoms with E-state index in [4.69, 9.17) is 4.98 Å². The van der Waals surface area contributed by atoms with Crippen molar-refractivity contribution in [2.24, 2.45) is 0 Å². The van der Waals surface area contributed by atoms with Gasteiger partial charge in [-0.15, -0.1) is 11.3 Å². The molecule has 4 nitrogen and oxygen atoms in total. The summed E-state index contributed by atoms with van der Waals surface area (Å²) >= 11 is 3.40. The van der Waals surface area contributed by atoms with Crippen LogP contribution in [0, 0.1) is 0 Å². The van der Waals surface area contributed by atoms with Gasteiger partial charge in [0.15, 0.2) is 0 Å². The lowest BCUT2D eigenvalue weighted by atomic mass is 10.2. The minimum atomic E-state index is 0.133. The lowest BCUT2D eigenvalue weighted by molar-refractivity contribution is 0.0627. The number of thiophene rings is 1. The monoisotopic (exact) mass is 369 g/mol. The summed E-state index contributed by atoms with van der Waals surface area (Å²) in [7, 11) is 0. The summed E-state index contributed by atoms with van der Waals surface area (Å²) in [6, 6.07) is 11.6. The summed E-state index contributed by atoms with van der Waals surface area (Å²) in [6.45, 7) is 4.19. The quantitative estimate of drug-likeness (QED) is 0.701. The number of benzene rings is 1. The molecular weight excluding hydrogens is 350 g/mol. The van der Waals surface area contributed by atoms with Crippen LogP contribution < -0.4 is 0 Å². The molecule has 0 N–H and O–H groups in total. The first kappa shape index (κ1) is 16.4. The number of carbonyl (C=O) groups excluding carboxylic acids is 1. The first-order chi connectivity index (χ1) is 12.3. The second-order valence-electron chi connectivity index (χ2n) is 6.09. The fourth-order valence-corrected chi connectivity index (χ4v) is 4.52. The van der Waals surface area contributed by atoms with Crippen molar-refractivity contribution < 1.29 is 4.79 Å². The van der Waals surface area contributed by atoms with E-state index in [1.165, 1.54) is 5.56 Å². The smallest absolute Gasteiger partial charge is 0.253 e. The van der Waals surface area contributed by atoms with Crippen LogP contribution in [0.5, 0.6) is 0 Å². The zero-order chi connectivity index (χ0) is 17.1. The molecular formula is C19H19N3OS2. The van der Waals surface area contributed by atoms with Crippen molar-refractivity contribution in [3.8, 4) is 10.6 Å². The Hall–Kier alpha value is -2.02. The van der Waals surface area contributed by atoms with Gasteiger partial charge in [0.1, 0.15) is 5.01 Å². The fraction of sp³-hybridized carbons (Fsp3) is 0.263. The highest BCUT2D eigenvalue weighted by Gasteiger charge is 2.22. The van der Waals surface area contributed by atoms with Crippen LogP contribution in [-0.2, 0) is 6.54 Å². The molecule has 1 amide bonds. The lowest BCUT2D eigenvalue weighted by Gasteiger charge is -2.34. The van der Waals surface area contributed by atoms with Gasteiger partial charge in [0.2, 0.25) is 0 Å². The summed E-state index contributed by atoms with van der Waals surface area (Å²) in [6.07, 6.45) is 0. The largest absolute Gasteiger partial charge is 0.336 e. The van der Waals surface area contributed by atoms with Gasteiger partial charge in [-0.3, -0.25) is 9.69 Å². The van der Waals surface area contributed by atoms with E-state index in [0.29, 0.717) is 0 Å². The average Bonchev–Trinajstić information content (AvgIpc) is 3.34. The second kappa shape index (κ2) is 7.47. The molecule has 4 rings (SSSR count). The van der Waals surface area contributed by atoms with Crippen molar-refractivity contribution in [3.05, 3.63) is 63.8 Å². The van der Waals surface area contributed by atoms with E-state index in [-0.39, 0.29) is 5.91 Å². The molecule has 3 heterocycles. The molecule has 25 heavy (non-hydrogen) atoms. The molecule has 1 aliphatic heterocycles. The Bertz CT molecular complexity index is 821. The van der Waals surface area contributed by atoms with Crippen LogP contribution in [0.2, 0.25) is 0 Å². The van der Waals surface area contributed by atoms with Gasteiger partial charge in [-0.2, -0.15) is 11.3 Å². The average molecular weight is 370 g/mol. The number of hydrogen-bond donors (Lipinski definition) is 0. The topological polar surface area (TPSA) is 36.4 Å². The summed E-state index contributed by atoms with van der Waals surface area (Å²) in [5, 5.41) is 7.46. The molecule has 1 aliphatic rings. The third kappa shape index (κ3) is 3.81. The molecule has 6 heteroatoms. The molecule has 1 aromatic carbocycles. The molecule has 0 radical (unpaired) electrons. The van der Waals surface area contributed by atoms with E-state index < -0.39 is 0 Å². The number of nitrogens with zero attached hydrogens (tertiary/aromatic N) is 3. The zero-order valence-corrected chi connectivity index (χ0v) is 15.4. The predicted molar refractivity (Wildman–Crippen MR) is 103 cm³/mol. The maximum Gasteiger partial charge on any atom is 0.253 e. The van der Waals surface area contributed by atoms with Gasteiger partial charge in [-0.1, -0.05) is 18.2 Å². The highest BCUT2D eigenvalue weighted by molar-refractivity contribution is 7.14. The first-order valence-electron chi connectivity index (χ1n) is 8.33. The van der Waals surface area contributed by atoms with Gasteiger partial charge in [0, 0.05) is 54.6 Å². The summed E-state index contributed by atoms with van der Waals surface area (Å²) < 4.78 is 0. The lowest BCUT2D eigenvalue weighted by Crippen LogP contribution is -2.48. The van der Waals surface area contributed by atoms with Gasteiger partial charge in [0.05, 0.1) is 5.69 Å². The standard InChI is InChI=1S/C19H19N3OS2/c23-19(15-4-2-1-3-5-15)22-9-7-21(8-10-22)12-17-14-25-18(20-17)16-6-11-24-13-16/h1-6,11,13-14H,7-10,12H2. The second-order valence-corrected chi connectivity index (χ2v) is 7.73. The normalized spacial score (nSPS) is 15.4. The van der Waals surface area contributed by atoms with Crippen LogP contribution in [-0.4, -0.2) is 46.9 Å². The van der Waals surface area contributed by atoms with E-state index in [2.05, 4.69) is 27.1 Å². The fourth-order valence-electron chi connectivity index (χ4n) is 3.00. The van der Waals surface area contributed by atoms with Crippen LogP contribution in [0.25, 0.3) is 10.6 Å². The predicted octanol–water partition coefficient (Wildman–Crippen LogP) is 3.83. The molecule has 0 atom stereocenters. The number of carbonyl (C=O) groups is 1. The van der Waals surface area contributed by atoms with Crippen molar-refractivity contribution in [2.75, 3.05) is 26.2 Å². The number of thiazole rings is 1. The van der Waals surface area contributed by atoms with Gasteiger partial charge in [0.25, 0.3) is 5.91 Å². The molecule has 0 aliphatic carbocycles. The van der Waals surface area contributed by atoms with E-state index in [1.54, 1.807) is 22.7 Å². The SMILES string of the molecule is O=C(c1ccccc1)N1CCN(Cc2csc(-c3ccsc3)n2)CC1. The third-order valence-electron chi connectivity index (χ3n) is 4.39. The maximum atomic E-state index is 12.5. The zero-order valence-electron chi connectivity index (χ0n) is 13.8. The van der Waals surface area contributed by atoms with E-state index in [9.17, 15) is 4.79 Å². The number of rotatable bonds is 4. The maximum absolute atomic E-state index is 12.5. The molecule has 3 aromatic rings. The minimum absolute atomic E-state index is 0.133. The molecule has 1 fully saturated rings. The molecule has 0 spiro atoms. The summed E-state index contributed by atoms with van der Waals surface area (Å²) in [5.74, 6) is 0.133. The first-order valence-corrected chi connectivity index (χ1v) is 10.2. The van der Waals surface area contributed by atoms with Crippen molar-refractivity contribution in [3.63, 3.8) is 0 Å². The Morgan fingerprint density at radius 2 is 1.84 bits per heavy atom. The van der Waals surface area contributed by atoms with Crippen molar-refractivity contribution in [1.82, 2.24) is 14.8 Å². The van der Waals surface area contributed by atoms with Crippen molar-refractivity contribution in [1.29, 1.82) is 0 Å². The number of amides is 1. The Balaban J connectivity index is 1.33. The van der Waals surface area contributed by atoms with Crippen LogP contribution in [0.1, 0.15) is 16.1 Å². The van der Waals surface area contributed by atoms with Gasteiger partial charge in [-0.25, -0.2) is 4.98 Å². The molecule has 0 unspecified atom stereocenters. The molecule has 128 valence electrons. The third-order valence-corrected chi connectivity index (χ3v) is 6.01. The van der Waals surface area contributed by atoms with Gasteiger partial charge >= 0.3 is 0 Å². The van der Waals surface area contributed by atoms with E-state index in [1.807, 2.05) is 35.2 Å². The van der Waals surface area contributed by atoms with Crippen molar-refractivity contribution in [2.45, 2.75) is 6.54 Å². The Kier molecular flexibility index (Phi) is 4.92. The highest BCUT2D eigenvalue weighted by Crippen LogP contribution is 2.26. The molecule has 1 saturated heterocycles. The molecule has 2 aromatic heterocycles. The highest BCUT2D eigenvalue weighted by atomic mass is 32.1. The Morgan fingerprint density at radius 1 is 1.04 bits per heavy atom. The number of aromatic nitrogens is 1. The van der Waals surface area contributed by atoms with Crippen LogP contribution in [0.15, 0.2) is 52.5 Å². The molecule has 0 saturated carbocycles. The van der Waals surface area contributed by atoms with Crippen LogP contribution in [0.4, 0.5) is 0 Å². The van der Waals surface area contributed by atoms with E-state index >= 15 is 0 Å². The minimum Gasteiger partial charge on any atom is -0.336 e. The van der Waals surface area contributed by atoms with Gasteiger partial charge in [-0.05, 0) is 23.6 Å². The Morgan fingerprint density at radius 3 is 2.56 bits per heavy atom. The number of hydrogen-bond acceptors (Lipinski definition) is 5. The van der Waals surface area contributed by atoms with E-state index in [0.717, 1.165) is 49.0 Å². The van der Waals surface area contributed by atoms with Crippen LogP contribution >= 0.6 is 22.7 Å².